The van der Waals surface area contributed by atoms with Crippen LogP contribution < -0.4 is 10.1 Å². The zero-order valence-corrected chi connectivity index (χ0v) is 15.7. The molecule has 0 atom stereocenters. The molecule has 27 heavy (non-hydrogen) atoms. The fourth-order valence-corrected chi connectivity index (χ4v) is 2.96. The zero-order valence-electron chi connectivity index (χ0n) is 14.9. The molecule has 138 valence electrons. The lowest BCUT2D eigenvalue weighted by Gasteiger charge is -2.10. The zero-order chi connectivity index (χ0) is 19.2. The van der Waals surface area contributed by atoms with Crippen molar-refractivity contribution in [3.05, 3.63) is 82.9 Å². The van der Waals surface area contributed by atoms with Crippen molar-refractivity contribution in [2.75, 3.05) is 13.7 Å². The van der Waals surface area contributed by atoms with Crippen LogP contribution in [0.5, 0.6) is 11.5 Å². The molecule has 3 rings (SSSR count). The lowest BCUT2D eigenvalue weighted by molar-refractivity contribution is 0.0951. The summed E-state index contributed by atoms with van der Waals surface area (Å²) in [5.74, 6) is 0.535. The number of phenolic OH excluding ortho intramolecular Hbond substituents is 1. The fraction of sp³-hybridized carbons (Fsp3) is 0.136. The second-order valence-corrected chi connectivity index (χ2v) is 6.53. The summed E-state index contributed by atoms with van der Waals surface area (Å²) >= 11 is 5.97. The van der Waals surface area contributed by atoms with Crippen LogP contribution in [0.2, 0.25) is 5.02 Å². The van der Waals surface area contributed by atoms with E-state index in [0.29, 0.717) is 29.3 Å². The van der Waals surface area contributed by atoms with Crippen LogP contribution in [0.3, 0.4) is 0 Å². The van der Waals surface area contributed by atoms with E-state index in [2.05, 4.69) is 5.32 Å². The molecular formula is C22H20ClNO3. The minimum atomic E-state index is -0.213. The highest BCUT2D eigenvalue weighted by atomic mass is 35.5. The molecule has 0 radical (unpaired) electrons. The van der Waals surface area contributed by atoms with Gasteiger partial charge in [0.1, 0.15) is 11.5 Å². The summed E-state index contributed by atoms with van der Waals surface area (Å²) in [5.41, 5.74) is 3.66. The Kier molecular flexibility index (Phi) is 5.99. The van der Waals surface area contributed by atoms with Crippen LogP contribution in [-0.4, -0.2) is 24.7 Å². The first-order chi connectivity index (χ1) is 13.1. The smallest absolute Gasteiger partial charge is 0.255 e. The molecule has 0 fully saturated rings. The van der Waals surface area contributed by atoms with Crippen molar-refractivity contribution in [3.63, 3.8) is 0 Å². The first-order valence-corrected chi connectivity index (χ1v) is 8.94. The number of nitrogens with one attached hydrogen (secondary N) is 1. The second kappa shape index (κ2) is 8.60. The number of amides is 1. The lowest BCUT2D eigenvalue weighted by Crippen LogP contribution is -2.26. The highest BCUT2D eigenvalue weighted by molar-refractivity contribution is 6.31. The lowest BCUT2D eigenvalue weighted by atomic mass is 10.0. The summed E-state index contributed by atoms with van der Waals surface area (Å²) in [4.78, 5) is 12.4. The maximum absolute atomic E-state index is 12.4. The average molecular weight is 382 g/mol. The minimum Gasteiger partial charge on any atom is -0.508 e. The molecule has 5 heteroatoms. The fourth-order valence-electron chi connectivity index (χ4n) is 2.79. The Balaban J connectivity index is 1.58. The highest BCUT2D eigenvalue weighted by Crippen LogP contribution is 2.23. The Morgan fingerprint density at radius 1 is 1.00 bits per heavy atom. The van der Waals surface area contributed by atoms with Gasteiger partial charge >= 0.3 is 0 Å². The Bertz CT molecular complexity index is 921. The van der Waals surface area contributed by atoms with Gasteiger partial charge in [-0.15, -0.1) is 0 Å². The second-order valence-electron chi connectivity index (χ2n) is 6.09. The van der Waals surface area contributed by atoms with E-state index in [4.69, 9.17) is 16.3 Å². The number of phenols is 1. The molecule has 3 aromatic rings. The van der Waals surface area contributed by atoms with Gasteiger partial charge in [0.2, 0.25) is 0 Å². The van der Waals surface area contributed by atoms with Crippen LogP contribution in [-0.2, 0) is 6.42 Å². The van der Waals surface area contributed by atoms with Gasteiger partial charge in [-0.05, 0) is 53.4 Å². The molecule has 1 amide bonds. The largest absolute Gasteiger partial charge is 0.508 e. The van der Waals surface area contributed by atoms with Crippen LogP contribution in [0.4, 0.5) is 0 Å². The molecule has 2 N–H and O–H groups in total. The molecule has 0 heterocycles. The number of aromatic hydroxyl groups is 1. The van der Waals surface area contributed by atoms with Gasteiger partial charge in [0, 0.05) is 11.6 Å². The maximum atomic E-state index is 12.4. The van der Waals surface area contributed by atoms with Crippen LogP contribution >= 0.6 is 11.6 Å². The van der Waals surface area contributed by atoms with E-state index in [0.717, 1.165) is 16.7 Å². The monoisotopic (exact) mass is 381 g/mol. The van der Waals surface area contributed by atoms with Crippen LogP contribution in [0.25, 0.3) is 11.1 Å². The third-order valence-electron chi connectivity index (χ3n) is 4.26. The van der Waals surface area contributed by atoms with Crippen molar-refractivity contribution < 1.29 is 14.6 Å². The standard InChI is InChI=1S/C22H20ClNO3/c1-27-21-11-8-18(23)14-20(21)22(26)24-13-12-15-2-4-16(5-3-15)17-6-9-19(25)10-7-17/h2-11,14,25H,12-13H2,1H3,(H,24,26). The van der Waals surface area contributed by atoms with Crippen LogP contribution in [0.15, 0.2) is 66.7 Å². The number of hydrogen-bond acceptors (Lipinski definition) is 3. The molecule has 4 nitrogen and oxygen atoms in total. The number of halogens is 1. The number of carbonyl (C=O) groups excluding carboxylic acids is 1. The molecule has 0 aliphatic rings. The summed E-state index contributed by atoms with van der Waals surface area (Å²) in [6.45, 7) is 0.507. The molecular weight excluding hydrogens is 362 g/mol. The molecule has 0 unspecified atom stereocenters. The number of hydrogen-bond donors (Lipinski definition) is 2. The molecule has 0 spiro atoms. The van der Waals surface area contributed by atoms with Crippen molar-refractivity contribution in [3.8, 4) is 22.6 Å². The van der Waals surface area contributed by atoms with Crippen molar-refractivity contribution in [1.29, 1.82) is 0 Å². The maximum Gasteiger partial charge on any atom is 0.255 e. The molecule has 0 aliphatic carbocycles. The van der Waals surface area contributed by atoms with Crippen molar-refractivity contribution in [2.24, 2.45) is 0 Å². The van der Waals surface area contributed by atoms with Gasteiger partial charge in [-0.1, -0.05) is 48.0 Å². The summed E-state index contributed by atoms with van der Waals surface area (Å²) in [7, 11) is 1.52. The number of rotatable bonds is 6. The van der Waals surface area contributed by atoms with Gasteiger partial charge in [-0.3, -0.25) is 4.79 Å². The molecule has 0 aliphatic heterocycles. The average Bonchev–Trinajstić information content (AvgIpc) is 2.69. The summed E-state index contributed by atoms with van der Waals surface area (Å²) in [5, 5.41) is 12.8. The van der Waals surface area contributed by atoms with E-state index < -0.39 is 0 Å². The van der Waals surface area contributed by atoms with Crippen LogP contribution in [0, 0.1) is 0 Å². The SMILES string of the molecule is COc1ccc(Cl)cc1C(=O)NCCc1ccc(-c2ccc(O)cc2)cc1. The van der Waals surface area contributed by atoms with Gasteiger partial charge in [-0.2, -0.15) is 0 Å². The van der Waals surface area contributed by atoms with Gasteiger partial charge in [0.25, 0.3) is 5.91 Å². The van der Waals surface area contributed by atoms with E-state index in [9.17, 15) is 9.90 Å². The van der Waals surface area contributed by atoms with Gasteiger partial charge < -0.3 is 15.2 Å². The Morgan fingerprint density at radius 3 is 2.26 bits per heavy atom. The summed E-state index contributed by atoms with van der Waals surface area (Å²) in [6.07, 6.45) is 0.713. The number of carbonyl (C=O) groups is 1. The molecule has 0 saturated carbocycles. The molecule has 3 aromatic carbocycles. The molecule has 0 saturated heterocycles. The van der Waals surface area contributed by atoms with Gasteiger partial charge in [0.15, 0.2) is 0 Å². The normalized spacial score (nSPS) is 10.4. The minimum absolute atomic E-state index is 0.213. The number of methoxy groups -OCH3 is 1. The third kappa shape index (κ3) is 4.80. The van der Waals surface area contributed by atoms with Crippen molar-refractivity contribution in [2.45, 2.75) is 6.42 Å². The molecule has 0 aromatic heterocycles. The number of ether oxygens (including phenoxy) is 1. The van der Waals surface area contributed by atoms with Crippen LogP contribution in [0.1, 0.15) is 15.9 Å². The first kappa shape index (κ1) is 18.8. The van der Waals surface area contributed by atoms with E-state index in [-0.39, 0.29) is 11.7 Å². The number of benzene rings is 3. The Hall–Kier alpha value is -2.98. The first-order valence-electron chi connectivity index (χ1n) is 8.57. The quantitative estimate of drug-likeness (QED) is 0.651. The van der Waals surface area contributed by atoms with E-state index in [1.165, 1.54) is 7.11 Å². The van der Waals surface area contributed by atoms with Gasteiger partial charge in [0.05, 0.1) is 12.7 Å². The van der Waals surface area contributed by atoms with E-state index in [1.807, 2.05) is 36.4 Å². The third-order valence-corrected chi connectivity index (χ3v) is 4.50. The predicted octanol–water partition coefficient (Wildman–Crippen LogP) is 4.69. The predicted molar refractivity (Wildman–Crippen MR) is 108 cm³/mol. The van der Waals surface area contributed by atoms with E-state index in [1.54, 1.807) is 30.3 Å². The highest BCUT2D eigenvalue weighted by Gasteiger charge is 2.12. The molecule has 0 bridgehead atoms. The summed E-state index contributed by atoms with van der Waals surface area (Å²) < 4.78 is 5.21. The van der Waals surface area contributed by atoms with Gasteiger partial charge in [-0.25, -0.2) is 0 Å². The van der Waals surface area contributed by atoms with Crippen molar-refractivity contribution >= 4 is 17.5 Å². The van der Waals surface area contributed by atoms with E-state index >= 15 is 0 Å². The van der Waals surface area contributed by atoms with Crippen molar-refractivity contribution in [1.82, 2.24) is 5.32 Å². The Morgan fingerprint density at radius 2 is 1.63 bits per heavy atom. The Labute approximate surface area is 163 Å². The topological polar surface area (TPSA) is 58.6 Å². The summed E-state index contributed by atoms with van der Waals surface area (Å²) in [6, 6.07) is 20.2.